The number of oxazole rings is 1. The second-order valence-electron chi connectivity index (χ2n) is 9.33. The molecule has 0 aliphatic carbocycles. The van der Waals surface area contributed by atoms with Crippen LogP contribution >= 0.6 is 11.3 Å². The van der Waals surface area contributed by atoms with Gasteiger partial charge in [-0.2, -0.15) is 11.3 Å². The molecule has 182 valence electrons. The number of aromatic nitrogens is 1. The molecule has 0 unspecified atom stereocenters. The summed E-state index contributed by atoms with van der Waals surface area (Å²) in [5.41, 5.74) is 3.17. The number of hydrogen-bond acceptors (Lipinski definition) is 5. The fourth-order valence-electron chi connectivity index (χ4n) is 5.17. The Bertz CT molecular complexity index is 1200. The predicted octanol–water partition coefficient (Wildman–Crippen LogP) is 6.06. The first-order chi connectivity index (χ1) is 17.2. The lowest BCUT2D eigenvalue weighted by Crippen LogP contribution is -2.37. The Morgan fingerprint density at radius 1 is 1.00 bits per heavy atom. The Morgan fingerprint density at radius 3 is 2.49 bits per heavy atom. The van der Waals surface area contributed by atoms with E-state index >= 15 is 0 Å². The molecule has 4 aromatic rings. The number of thiophene rings is 1. The summed E-state index contributed by atoms with van der Waals surface area (Å²) in [7, 11) is 0. The maximum Gasteiger partial charge on any atom is 0.256 e. The van der Waals surface area contributed by atoms with E-state index in [1.165, 1.54) is 12.0 Å². The van der Waals surface area contributed by atoms with Crippen molar-refractivity contribution in [1.29, 1.82) is 0 Å². The largest absolute Gasteiger partial charge is 0.443 e. The molecular formula is C28H30FN3O2S. The molecule has 0 N–H and O–H groups in total. The van der Waals surface area contributed by atoms with Crippen molar-refractivity contribution >= 4 is 28.3 Å². The quantitative estimate of drug-likeness (QED) is 0.348. The number of fused-ring (bicyclic) bond motifs is 1. The van der Waals surface area contributed by atoms with Crippen molar-refractivity contribution in [2.24, 2.45) is 5.92 Å². The number of carbonyl (C=O) groups is 1. The Hall–Kier alpha value is -3.03. The van der Waals surface area contributed by atoms with Crippen LogP contribution in [0.15, 0.2) is 76.2 Å². The molecule has 0 bridgehead atoms. The summed E-state index contributed by atoms with van der Waals surface area (Å²) in [5.74, 6) is 0.905. The molecule has 2 aliphatic rings. The first kappa shape index (κ1) is 23.7. The van der Waals surface area contributed by atoms with Crippen molar-refractivity contribution in [3.05, 3.63) is 88.7 Å². The van der Waals surface area contributed by atoms with Gasteiger partial charge in [0.2, 0.25) is 0 Å². The second-order valence-corrected chi connectivity index (χ2v) is 10.1. The van der Waals surface area contributed by atoms with Crippen LogP contribution in [0.1, 0.15) is 41.1 Å². The van der Waals surface area contributed by atoms with Crippen molar-refractivity contribution in [3.63, 3.8) is 0 Å². The van der Waals surface area contributed by atoms with Crippen molar-refractivity contribution in [3.8, 4) is 0 Å². The molecule has 2 aromatic carbocycles. The van der Waals surface area contributed by atoms with E-state index < -0.39 is 0 Å². The summed E-state index contributed by atoms with van der Waals surface area (Å²) in [6.45, 7) is 4.75. The van der Waals surface area contributed by atoms with Gasteiger partial charge in [-0.15, -0.1) is 0 Å². The van der Waals surface area contributed by atoms with E-state index in [0.717, 1.165) is 52.0 Å². The summed E-state index contributed by atoms with van der Waals surface area (Å²) in [5, 5.41) is 4.08. The molecule has 2 aromatic heterocycles. The molecule has 2 fully saturated rings. The zero-order valence-electron chi connectivity index (χ0n) is 19.7. The highest BCUT2D eigenvalue weighted by Gasteiger charge is 2.30. The molecule has 5 nitrogen and oxygen atoms in total. The number of likely N-dealkylation sites (tertiary alicyclic amines) is 2. The van der Waals surface area contributed by atoms with Crippen LogP contribution in [0.3, 0.4) is 0 Å². The normalized spacial score (nSPS) is 19.0. The molecule has 2 saturated heterocycles. The van der Waals surface area contributed by atoms with Gasteiger partial charge in [0.25, 0.3) is 5.91 Å². The summed E-state index contributed by atoms with van der Waals surface area (Å²) < 4.78 is 18.5. The van der Waals surface area contributed by atoms with Crippen molar-refractivity contribution in [1.82, 2.24) is 14.8 Å². The zero-order valence-corrected chi connectivity index (χ0v) is 20.5. The summed E-state index contributed by atoms with van der Waals surface area (Å²) in [6.07, 6.45) is 4.65. The van der Waals surface area contributed by atoms with E-state index in [1.807, 2.05) is 58.1 Å². The minimum Gasteiger partial charge on any atom is -0.443 e. The lowest BCUT2D eigenvalue weighted by Gasteiger charge is -2.33. The highest BCUT2D eigenvalue weighted by molar-refractivity contribution is 7.07. The molecule has 0 radical (unpaired) electrons. The van der Waals surface area contributed by atoms with Crippen LogP contribution in [-0.2, 0) is 0 Å². The van der Waals surface area contributed by atoms with Gasteiger partial charge < -0.3 is 14.2 Å². The molecule has 0 spiro atoms. The number of para-hydroxylation sites is 1. The van der Waals surface area contributed by atoms with E-state index in [9.17, 15) is 9.18 Å². The van der Waals surface area contributed by atoms with Gasteiger partial charge in [-0.05, 0) is 84.8 Å². The fourth-order valence-corrected chi connectivity index (χ4v) is 5.62. The van der Waals surface area contributed by atoms with Crippen LogP contribution in [0, 0.1) is 11.7 Å². The molecule has 4 heterocycles. The number of halogens is 1. The van der Waals surface area contributed by atoms with E-state index in [4.69, 9.17) is 4.42 Å². The number of carbonyl (C=O) groups excluding carboxylic acids is 1. The van der Waals surface area contributed by atoms with E-state index in [0.29, 0.717) is 28.5 Å². The number of nitrogens with zero attached hydrogens (tertiary/aromatic N) is 3. The molecule has 35 heavy (non-hydrogen) atoms. The molecule has 7 heteroatoms. The highest BCUT2D eigenvalue weighted by Crippen LogP contribution is 2.30. The van der Waals surface area contributed by atoms with E-state index in [1.54, 1.807) is 23.5 Å². The van der Waals surface area contributed by atoms with Gasteiger partial charge >= 0.3 is 0 Å². The molecule has 1 atom stereocenters. The predicted molar refractivity (Wildman–Crippen MR) is 137 cm³/mol. The van der Waals surface area contributed by atoms with Crippen LogP contribution in [0.2, 0.25) is 0 Å². The third-order valence-electron chi connectivity index (χ3n) is 7.03. The Kier molecular flexibility index (Phi) is 7.54. The summed E-state index contributed by atoms with van der Waals surface area (Å²) in [4.78, 5) is 21.7. The zero-order chi connectivity index (χ0) is 24.0. The minimum atomic E-state index is -0.170. The Morgan fingerprint density at radius 2 is 1.77 bits per heavy atom. The van der Waals surface area contributed by atoms with Gasteiger partial charge in [-0.1, -0.05) is 30.3 Å². The van der Waals surface area contributed by atoms with E-state index in [2.05, 4.69) is 9.88 Å². The monoisotopic (exact) mass is 491 g/mol. The summed E-state index contributed by atoms with van der Waals surface area (Å²) >= 11 is 1.71. The van der Waals surface area contributed by atoms with Crippen LogP contribution in [0.4, 0.5) is 4.39 Å². The third-order valence-corrected chi connectivity index (χ3v) is 7.66. The van der Waals surface area contributed by atoms with Crippen LogP contribution < -0.4 is 0 Å². The third kappa shape index (κ3) is 5.80. The smallest absolute Gasteiger partial charge is 0.256 e. The second kappa shape index (κ2) is 11.1. The van der Waals surface area contributed by atoms with Crippen molar-refractivity contribution in [2.45, 2.75) is 25.2 Å². The number of piperidine rings is 1. The first-order valence-electron chi connectivity index (χ1n) is 12.2. The Balaban J connectivity index is 0.000000453. The van der Waals surface area contributed by atoms with Crippen molar-refractivity contribution in [2.75, 3.05) is 32.7 Å². The summed E-state index contributed by atoms with van der Waals surface area (Å²) in [6, 6.07) is 16.5. The van der Waals surface area contributed by atoms with Gasteiger partial charge in [0.1, 0.15) is 11.3 Å². The van der Waals surface area contributed by atoms with Crippen LogP contribution in [0.25, 0.3) is 11.1 Å². The lowest BCUT2D eigenvalue weighted by molar-refractivity contribution is 0.0783. The molecular weight excluding hydrogens is 461 g/mol. The van der Waals surface area contributed by atoms with Gasteiger partial charge in [-0.3, -0.25) is 4.79 Å². The van der Waals surface area contributed by atoms with Crippen molar-refractivity contribution < 1.29 is 13.6 Å². The molecule has 2 aliphatic heterocycles. The average Bonchev–Trinajstić information content (AvgIpc) is 3.68. The maximum atomic E-state index is 13.2. The number of hydrogen-bond donors (Lipinski definition) is 0. The average molecular weight is 492 g/mol. The highest BCUT2D eigenvalue weighted by atomic mass is 32.1. The van der Waals surface area contributed by atoms with Gasteiger partial charge in [0.05, 0.1) is 5.56 Å². The SMILES string of the molecule is O=C(c1cccc2ocnc12)N1CC[C@H](CN2CCC(c3ccc(F)cc3)CC2)C1.c1ccsc1. The number of amides is 1. The van der Waals surface area contributed by atoms with Crippen LogP contribution in [0.5, 0.6) is 0 Å². The van der Waals surface area contributed by atoms with Gasteiger partial charge in [0.15, 0.2) is 12.0 Å². The number of benzene rings is 2. The van der Waals surface area contributed by atoms with Gasteiger partial charge in [-0.25, -0.2) is 9.37 Å². The first-order valence-corrected chi connectivity index (χ1v) is 13.2. The number of rotatable bonds is 4. The maximum absolute atomic E-state index is 13.2. The molecule has 0 saturated carbocycles. The topological polar surface area (TPSA) is 49.6 Å². The minimum absolute atomic E-state index is 0.0482. The fraction of sp³-hybridized carbons (Fsp3) is 0.357. The standard InChI is InChI=1S/C24H26FN3O2.C4H4S/c25-20-6-4-18(5-7-20)19-9-11-27(12-10-19)14-17-8-13-28(15-17)24(29)21-2-1-3-22-23(21)26-16-30-22;1-2-4-5-3-1/h1-7,16-17,19H,8-15H2;1-4H/t17-;/m1./s1. The molecule has 1 amide bonds. The van der Waals surface area contributed by atoms with Crippen LogP contribution in [-0.4, -0.2) is 53.4 Å². The van der Waals surface area contributed by atoms with Gasteiger partial charge in [0, 0.05) is 19.6 Å². The molecule has 6 rings (SSSR count). The lowest BCUT2D eigenvalue weighted by atomic mass is 9.89. The Labute approximate surface area is 209 Å². The van der Waals surface area contributed by atoms with E-state index in [-0.39, 0.29) is 11.7 Å².